The molecule has 0 saturated carbocycles. The molecule has 0 fully saturated rings. The molecule has 1 aromatic heterocycles. The average Bonchev–Trinajstić information content (AvgIpc) is 2.98. The highest BCUT2D eigenvalue weighted by Gasteiger charge is 2.17. The first-order valence-electron chi connectivity index (χ1n) is 6.20. The highest BCUT2D eigenvalue weighted by molar-refractivity contribution is 9.11. The second-order valence-electron chi connectivity index (χ2n) is 4.24. The van der Waals surface area contributed by atoms with Gasteiger partial charge in [0.25, 0.3) is 0 Å². The minimum atomic E-state index is -0.801. The third-order valence-electron chi connectivity index (χ3n) is 2.62. The maximum atomic E-state index is 11.9. The second-order valence-corrected chi connectivity index (χ2v) is 5.77. The van der Waals surface area contributed by atoms with Gasteiger partial charge in [0.2, 0.25) is 0 Å². The Hall–Kier alpha value is -2.12. The van der Waals surface area contributed by atoms with Gasteiger partial charge in [0.05, 0.1) is 10.7 Å². The van der Waals surface area contributed by atoms with Crippen LogP contribution in [-0.2, 0) is 9.59 Å². The van der Waals surface area contributed by atoms with Gasteiger partial charge in [-0.2, -0.15) is 5.10 Å². The van der Waals surface area contributed by atoms with Crippen LogP contribution in [-0.4, -0.2) is 28.1 Å². The fraction of sp³-hybridized carbons (Fsp3) is 0.0714. The number of anilines is 1. The Labute approximate surface area is 140 Å². The topological polar surface area (TPSA) is 76.0 Å². The zero-order chi connectivity index (χ0) is 16.1. The molecule has 1 aromatic carbocycles. The predicted molar refractivity (Wildman–Crippen MR) is 88.3 cm³/mol. The van der Waals surface area contributed by atoms with Crippen LogP contribution in [0.3, 0.4) is 0 Å². The van der Waals surface area contributed by atoms with Crippen LogP contribution in [0.25, 0.3) is 5.69 Å². The van der Waals surface area contributed by atoms with Crippen molar-refractivity contribution in [1.82, 2.24) is 15.1 Å². The highest BCUT2D eigenvalue weighted by atomic mass is 79.9. The van der Waals surface area contributed by atoms with E-state index < -0.39 is 11.8 Å². The summed E-state index contributed by atoms with van der Waals surface area (Å²) < 4.78 is 2.07. The van der Waals surface area contributed by atoms with E-state index in [9.17, 15) is 9.59 Å². The molecule has 2 amide bonds. The van der Waals surface area contributed by atoms with Crippen LogP contribution in [0, 0.1) is 0 Å². The molecule has 0 spiro atoms. The van der Waals surface area contributed by atoms with Gasteiger partial charge in [0, 0.05) is 23.4 Å². The normalized spacial score (nSPS) is 10.1. The second kappa shape index (κ2) is 7.24. The van der Waals surface area contributed by atoms with Crippen LogP contribution in [0.4, 0.5) is 5.69 Å². The number of amides is 2. The number of hydrogen-bond donors (Lipinski definition) is 2. The molecule has 0 atom stereocenters. The first-order valence-corrected chi connectivity index (χ1v) is 7.37. The van der Waals surface area contributed by atoms with E-state index in [-0.39, 0.29) is 6.54 Å². The minimum Gasteiger partial charge on any atom is -0.343 e. The number of carbonyl (C=O) groups excluding carboxylic acids is 2. The molecule has 0 saturated heterocycles. The standard InChI is InChI=1S/C14H12BrClN4O2/c1-9(15)8-17-13(21)14(22)19-11-5-2-4-10(16)12(11)20-7-3-6-18-20/h2-7H,1,8H2,(H,17,21)(H,19,22). The molecule has 2 rings (SSSR count). The van der Waals surface area contributed by atoms with Crippen molar-refractivity contribution in [2.45, 2.75) is 0 Å². The van der Waals surface area contributed by atoms with Crippen molar-refractivity contribution < 1.29 is 9.59 Å². The number of nitrogens with zero attached hydrogens (tertiary/aromatic N) is 2. The zero-order valence-corrected chi connectivity index (χ0v) is 13.7. The van der Waals surface area contributed by atoms with Gasteiger partial charge in [-0.05, 0) is 18.2 Å². The van der Waals surface area contributed by atoms with Crippen LogP contribution < -0.4 is 10.6 Å². The molecule has 22 heavy (non-hydrogen) atoms. The molecular formula is C14H12BrClN4O2. The number of rotatable bonds is 4. The fourth-order valence-electron chi connectivity index (χ4n) is 1.69. The molecule has 114 valence electrons. The smallest absolute Gasteiger partial charge is 0.313 e. The molecule has 0 bridgehead atoms. The van der Waals surface area contributed by atoms with Crippen LogP contribution in [0.5, 0.6) is 0 Å². The quantitative estimate of drug-likeness (QED) is 0.797. The Bertz CT molecular complexity index is 716. The van der Waals surface area contributed by atoms with Gasteiger partial charge in [0.1, 0.15) is 5.69 Å². The number of hydrogen-bond acceptors (Lipinski definition) is 3. The maximum Gasteiger partial charge on any atom is 0.313 e. The average molecular weight is 384 g/mol. The molecule has 6 nitrogen and oxygen atoms in total. The van der Waals surface area contributed by atoms with Gasteiger partial charge in [-0.1, -0.05) is 40.2 Å². The summed E-state index contributed by atoms with van der Waals surface area (Å²) in [4.78, 5) is 23.6. The van der Waals surface area contributed by atoms with Crippen molar-refractivity contribution in [3.05, 3.63) is 52.7 Å². The van der Waals surface area contributed by atoms with E-state index in [1.807, 2.05) is 0 Å². The third kappa shape index (κ3) is 3.96. The molecule has 2 N–H and O–H groups in total. The van der Waals surface area contributed by atoms with Crippen molar-refractivity contribution in [3.8, 4) is 5.69 Å². The fourth-order valence-corrected chi connectivity index (χ4v) is 2.09. The molecule has 2 aromatic rings. The Kier molecular flexibility index (Phi) is 5.35. The number of carbonyl (C=O) groups is 2. The summed E-state index contributed by atoms with van der Waals surface area (Å²) in [6.07, 6.45) is 3.27. The van der Waals surface area contributed by atoms with E-state index in [0.717, 1.165) is 0 Å². The van der Waals surface area contributed by atoms with E-state index in [2.05, 4.69) is 38.2 Å². The van der Waals surface area contributed by atoms with Gasteiger partial charge in [0.15, 0.2) is 0 Å². The summed E-state index contributed by atoms with van der Waals surface area (Å²) >= 11 is 9.25. The number of benzene rings is 1. The van der Waals surface area contributed by atoms with E-state index >= 15 is 0 Å². The lowest BCUT2D eigenvalue weighted by molar-refractivity contribution is -0.136. The Morgan fingerprint density at radius 3 is 2.73 bits per heavy atom. The lowest BCUT2D eigenvalue weighted by Crippen LogP contribution is -2.36. The first kappa shape index (κ1) is 16.3. The van der Waals surface area contributed by atoms with Crippen molar-refractivity contribution in [2.75, 3.05) is 11.9 Å². The molecule has 0 aliphatic rings. The van der Waals surface area contributed by atoms with Crippen LogP contribution >= 0.6 is 27.5 Å². The summed E-state index contributed by atoms with van der Waals surface area (Å²) in [5.74, 6) is -1.57. The molecule has 0 unspecified atom stereocenters. The number of para-hydroxylation sites is 1. The van der Waals surface area contributed by atoms with Crippen LogP contribution in [0.1, 0.15) is 0 Å². The Morgan fingerprint density at radius 2 is 2.09 bits per heavy atom. The van der Waals surface area contributed by atoms with E-state index in [4.69, 9.17) is 11.6 Å². The Balaban J connectivity index is 2.20. The molecular weight excluding hydrogens is 372 g/mol. The van der Waals surface area contributed by atoms with Crippen molar-refractivity contribution in [2.24, 2.45) is 0 Å². The van der Waals surface area contributed by atoms with E-state index in [1.54, 1.807) is 36.7 Å². The lowest BCUT2D eigenvalue weighted by atomic mass is 10.2. The van der Waals surface area contributed by atoms with Crippen molar-refractivity contribution in [3.63, 3.8) is 0 Å². The molecule has 1 heterocycles. The van der Waals surface area contributed by atoms with Gasteiger partial charge in [-0.25, -0.2) is 4.68 Å². The number of halogens is 2. The predicted octanol–water partition coefficient (Wildman–Crippen LogP) is 2.49. The van der Waals surface area contributed by atoms with Gasteiger partial charge < -0.3 is 10.6 Å². The molecule has 0 aliphatic heterocycles. The monoisotopic (exact) mass is 382 g/mol. The van der Waals surface area contributed by atoms with Crippen molar-refractivity contribution >= 4 is 45.0 Å². The zero-order valence-electron chi connectivity index (χ0n) is 11.3. The first-order chi connectivity index (χ1) is 10.5. The van der Waals surface area contributed by atoms with Gasteiger partial charge in [-0.3, -0.25) is 9.59 Å². The maximum absolute atomic E-state index is 11.9. The molecule has 0 radical (unpaired) electrons. The molecule has 8 heteroatoms. The van der Waals surface area contributed by atoms with Gasteiger partial charge in [-0.15, -0.1) is 0 Å². The third-order valence-corrected chi connectivity index (χ3v) is 3.20. The Morgan fingerprint density at radius 1 is 1.32 bits per heavy atom. The summed E-state index contributed by atoms with van der Waals surface area (Å²) in [7, 11) is 0. The van der Waals surface area contributed by atoms with E-state index in [1.165, 1.54) is 4.68 Å². The lowest BCUT2D eigenvalue weighted by Gasteiger charge is -2.12. The number of aromatic nitrogens is 2. The minimum absolute atomic E-state index is 0.161. The highest BCUT2D eigenvalue weighted by Crippen LogP contribution is 2.27. The summed E-state index contributed by atoms with van der Waals surface area (Å²) in [5.41, 5.74) is 0.870. The summed E-state index contributed by atoms with van der Waals surface area (Å²) in [6.45, 7) is 3.73. The SMILES string of the molecule is C=C(Br)CNC(=O)C(=O)Nc1cccc(Cl)c1-n1cccn1. The molecule has 0 aliphatic carbocycles. The van der Waals surface area contributed by atoms with Crippen LogP contribution in [0.15, 0.2) is 47.7 Å². The summed E-state index contributed by atoms with van der Waals surface area (Å²) in [6, 6.07) is 6.70. The van der Waals surface area contributed by atoms with Gasteiger partial charge >= 0.3 is 11.8 Å². The number of nitrogens with one attached hydrogen (secondary N) is 2. The largest absolute Gasteiger partial charge is 0.343 e. The van der Waals surface area contributed by atoms with Crippen molar-refractivity contribution in [1.29, 1.82) is 0 Å². The van der Waals surface area contributed by atoms with Crippen LogP contribution in [0.2, 0.25) is 5.02 Å². The summed E-state index contributed by atoms with van der Waals surface area (Å²) in [5, 5.41) is 9.42. The van der Waals surface area contributed by atoms with E-state index in [0.29, 0.717) is 20.9 Å².